The molecule has 0 atom stereocenters. The Hall–Kier alpha value is -1.97. The lowest BCUT2D eigenvalue weighted by Gasteiger charge is -2.11. The fourth-order valence-corrected chi connectivity index (χ4v) is 1.76. The van der Waals surface area contributed by atoms with Crippen molar-refractivity contribution in [2.45, 2.75) is 25.3 Å². The SMILES string of the molecule is CC1(NC(=O)c2ccc3nccnc3c2)CC1. The van der Waals surface area contributed by atoms with Gasteiger partial charge in [0.15, 0.2) is 0 Å². The van der Waals surface area contributed by atoms with Gasteiger partial charge in [0.1, 0.15) is 0 Å². The Bertz CT molecular complexity index is 590. The van der Waals surface area contributed by atoms with Gasteiger partial charge in [-0.15, -0.1) is 0 Å². The first-order chi connectivity index (χ1) is 8.16. The van der Waals surface area contributed by atoms with Gasteiger partial charge in [-0.1, -0.05) is 0 Å². The fraction of sp³-hybridized carbons (Fsp3) is 0.308. The van der Waals surface area contributed by atoms with E-state index in [1.807, 2.05) is 6.07 Å². The highest BCUT2D eigenvalue weighted by atomic mass is 16.1. The average Bonchev–Trinajstić information content (AvgIpc) is 3.06. The van der Waals surface area contributed by atoms with Crippen molar-refractivity contribution >= 4 is 16.9 Å². The summed E-state index contributed by atoms with van der Waals surface area (Å²) < 4.78 is 0. The van der Waals surface area contributed by atoms with Crippen LogP contribution in [0.3, 0.4) is 0 Å². The Morgan fingerprint density at radius 3 is 2.65 bits per heavy atom. The lowest BCUT2D eigenvalue weighted by molar-refractivity contribution is 0.0935. The maximum Gasteiger partial charge on any atom is 0.251 e. The van der Waals surface area contributed by atoms with Gasteiger partial charge in [-0.2, -0.15) is 0 Å². The standard InChI is InChI=1S/C13H13N3O/c1-13(4-5-13)16-12(17)9-2-3-10-11(8-9)15-7-6-14-10/h2-3,6-8H,4-5H2,1H3,(H,16,17). The van der Waals surface area contributed by atoms with Gasteiger partial charge in [0.2, 0.25) is 0 Å². The van der Waals surface area contributed by atoms with Gasteiger partial charge in [-0.3, -0.25) is 14.8 Å². The van der Waals surface area contributed by atoms with E-state index < -0.39 is 0 Å². The molecular formula is C13H13N3O. The summed E-state index contributed by atoms with van der Waals surface area (Å²) >= 11 is 0. The van der Waals surface area contributed by atoms with Crippen LogP contribution in [-0.4, -0.2) is 21.4 Å². The molecule has 1 heterocycles. The summed E-state index contributed by atoms with van der Waals surface area (Å²) in [5.41, 5.74) is 2.21. The number of amides is 1. The first-order valence-electron chi connectivity index (χ1n) is 5.70. The molecule has 4 heteroatoms. The summed E-state index contributed by atoms with van der Waals surface area (Å²) in [5, 5.41) is 3.02. The molecule has 0 saturated heterocycles. The maximum atomic E-state index is 12.0. The highest BCUT2D eigenvalue weighted by molar-refractivity contribution is 5.97. The molecule has 1 fully saturated rings. The van der Waals surface area contributed by atoms with Crippen molar-refractivity contribution in [3.8, 4) is 0 Å². The molecule has 1 aliphatic rings. The van der Waals surface area contributed by atoms with E-state index in [0.717, 1.165) is 23.9 Å². The fourth-order valence-electron chi connectivity index (χ4n) is 1.76. The number of nitrogens with one attached hydrogen (secondary N) is 1. The van der Waals surface area contributed by atoms with E-state index in [1.165, 1.54) is 0 Å². The van der Waals surface area contributed by atoms with Gasteiger partial charge in [-0.05, 0) is 38.0 Å². The summed E-state index contributed by atoms with van der Waals surface area (Å²) in [4.78, 5) is 20.4. The molecule has 0 unspecified atom stereocenters. The Morgan fingerprint density at radius 2 is 1.94 bits per heavy atom. The summed E-state index contributed by atoms with van der Waals surface area (Å²) in [6, 6.07) is 5.40. The molecule has 4 nitrogen and oxygen atoms in total. The molecule has 0 spiro atoms. The van der Waals surface area contributed by atoms with Crippen molar-refractivity contribution in [2.75, 3.05) is 0 Å². The minimum Gasteiger partial charge on any atom is -0.347 e. The monoisotopic (exact) mass is 227 g/mol. The van der Waals surface area contributed by atoms with E-state index in [9.17, 15) is 4.79 Å². The van der Waals surface area contributed by atoms with Crippen LogP contribution >= 0.6 is 0 Å². The van der Waals surface area contributed by atoms with Crippen LogP contribution < -0.4 is 5.32 Å². The number of hydrogen-bond donors (Lipinski definition) is 1. The van der Waals surface area contributed by atoms with Gasteiger partial charge in [-0.25, -0.2) is 0 Å². The molecule has 1 saturated carbocycles. The molecule has 17 heavy (non-hydrogen) atoms. The number of hydrogen-bond acceptors (Lipinski definition) is 3. The lowest BCUT2D eigenvalue weighted by Crippen LogP contribution is -2.34. The molecule has 3 rings (SSSR count). The predicted molar refractivity (Wildman–Crippen MR) is 64.6 cm³/mol. The first kappa shape index (κ1) is 10.2. The van der Waals surface area contributed by atoms with Crippen LogP contribution in [0.25, 0.3) is 11.0 Å². The van der Waals surface area contributed by atoms with Crippen molar-refractivity contribution < 1.29 is 4.79 Å². The van der Waals surface area contributed by atoms with Gasteiger partial charge in [0, 0.05) is 23.5 Å². The predicted octanol–water partition coefficient (Wildman–Crippen LogP) is 1.91. The second kappa shape index (κ2) is 3.52. The topological polar surface area (TPSA) is 54.9 Å². The number of rotatable bonds is 2. The van der Waals surface area contributed by atoms with Gasteiger partial charge in [0.25, 0.3) is 5.91 Å². The Morgan fingerprint density at radius 1 is 1.24 bits per heavy atom. The van der Waals surface area contributed by atoms with Gasteiger partial charge in [0.05, 0.1) is 11.0 Å². The molecule has 0 aliphatic heterocycles. The molecule has 1 aliphatic carbocycles. The van der Waals surface area contributed by atoms with E-state index in [0.29, 0.717) is 5.56 Å². The maximum absolute atomic E-state index is 12.0. The van der Waals surface area contributed by atoms with Crippen molar-refractivity contribution in [1.29, 1.82) is 0 Å². The third-order valence-electron chi connectivity index (χ3n) is 3.15. The van der Waals surface area contributed by atoms with Crippen LogP contribution in [0.4, 0.5) is 0 Å². The Kier molecular flexibility index (Phi) is 2.11. The zero-order valence-corrected chi connectivity index (χ0v) is 9.60. The van der Waals surface area contributed by atoms with Crippen LogP contribution in [0.5, 0.6) is 0 Å². The van der Waals surface area contributed by atoms with Gasteiger partial charge < -0.3 is 5.32 Å². The zero-order valence-electron chi connectivity index (χ0n) is 9.60. The molecule has 86 valence electrons. The Balaban J connectivity index is 1.92. The van der Waals surface area contributed by atoms with Crippen LogP contribution in [0.1, 0.15) is 30.1 Å². The van der Waals surface area contributed by atoms with Crippen LogP contribution in [0.15, 0.2) is 30.6 Å². The van der Waals surface area contributed by atoms with Crippen LogP contribution in [0, 0.1) is 0 Å². The van der Waals surface area contributed by atoms with E-state index in [4.69, 9.17) is 0 Å². The van der Waals surface area contributed by atoms with E-state index in [1.54, 1.807) is 24.5 Å². The lowest BCUT2D eigenvalue weighted by atomic mass is 10.1. The highest BCUT2D eigenvalue weighted by Gasteiger charge is 2.38. The number of carbonyl (C=O) groups is 1. The number of benzene rings is 1. The van der Waals surface area contributed by atoms with Crippen LogP contribution in [0.2, 0.25) is 0 Å². The third-order valence-corrected chi connectivity index (χ3v) is 3.15. The van der Waals surface area contributed by atoms with E-state index in [-0.39, 0.29) is 11.4 Å². The average molecular weight is 227 g/mol. The van der Waals surface area contributed by atoms with Crippen molar-refractivity contribution in [1.82, 2.24) is 15.3 Å². The Labute approximate surface area is 99.1 Å². The quantitative estimate of drug-likeness (QED) is 0.852. The van der Waals surface area contributed by atoms with Gasteiger partial charge >= 0.3 is 0 Å². The van der Waals surface area contributed by atoms with E-state index >= 15 is 0 Å². The number of fused-ring (bicyclic) bond motifs is 1. The number of aromatic nitrogens is 2. The third kappa shape index (κ3) is 1.98. The van der Waals surface area contributed by atoms with Crippen molar-refractivity contribution in [2.24, 2.45) is 0 Å². The summed E-state index contributed by atoms with van der Waals surface area (Å²) in [7, 11) is 0. The largest absolute Gasteiger partial charge is 0.347 e. The molecule has 1 N–H and O–H groups in total. The minimum absolute atomic E-state index is 0.00834. The smallest absolute Gasteiger partial charge is 0.251 e. The second-order valence-corrected chi connectivity index (χ2v) is 4.77. The zero-order chi connectivity index (χ0) is 11.9. The summed E-state index contributed by atoms with van der Waals surface area (Å²) in [6.07, 6.45) is 5.40. The van der Waals surface area contributed by atoms with Crippen molar-refractivity contribution in [3.63, 3.8) is 0 Å². The summed E-state index contributed by atoms with van der Waals surface area (Å²) in [5.74, 6) is -0.0300. The normalized spacial score (nSPS) is 16.8. The van der Waals surface area contributed by atoms with E-state index in [2.05, 4.69) is 22.2 Å². The highest BCUT2D eigenvalue weighted by Crippen LogP contribution is 2.34. The number of carbonyl (C=O) groups excluding carboxylic acids is 1. The minimum atomic E-state index is -0.0300. The van der Waals surface area contributed by atoms with Crippen LogP contribution in [-0.2, 0) is 0 Å². The van der Waals surface area contributed by atoms with Crippen molar-refractivity contribution in [3.05, 3.63) is 36.2 Å². The second-order valence-electron chi connectivity index (χ2n) is 4.77. The molecule has 0 bridgehead atoms. The first-order valence-corrected chi connectivity index (χ1v) is 5.70. The molecule has 1 aromatic heterocycles. The molecule has 1 amide bonds. The summed E-state index contributed by atoms with van der Waals surface area (Å²) in [6.45, 7) is 2.06. The molecular weight excluding hydrogens is 214 g/mol. The molecule has 0 radical (unpaired) electrons. The number of nitrogens with zero attached hydrogens (tertiary/aromatic N) is 2. The molecule has 1 aromatic carbocycles. The molecule has 2 aromatic rings.